The number of amides is 1. The van der Waals surface area contributed by atoms with E-state index in [1.54, 1.807) is 31.4 Å². The monoisotopic (exact) mass is 355 g/mol. The number of methoxy groups -OCH3 is 1. The maximum absolute atomic E-state index is 12.2. The van der Waals surface area contributed by atoms with Gasteiger partial charge in [-0.15, -0.1) is 0 Å². The van der Waals surface area contributed by atoms with Crippen LogP contribution in [0, 0.1) is 0 Å². The minimum Gasteiger partial charge on any atom is -0.497 e. The van der Waals surface area contributed by atoms with Crippen molar-refractivity contribution in [3.8, 4) is 11.5 Å². The van der Waals surface area contributed by atoms with Crippen molar-refractivity contribution in [1.82, 2.24) is 5.32 Å². The number of rotatable bonds is 9. The number of hydrogen-bond acceptors (Lipinski definition) is 4. The molecule has 5 nitrogen and oxygen atoms in total. The van der Waals surface area contributed by atoms with Crippen LogP contribution in [0.25, 0.3) is 0 Å². The molecule has 1 N–H and O–H groups in total. The third-order valence-corrected chi connectivity index (χ3v) is 4.13. The summed E-state index contributed by atoms with van der Waals surface area (Å²) < 4.78 is 10.7. The fourth-order valence-electron chi connectivity index (χ4n) is 2.58. The summed E-state index contributed by atoms with van der Waals surface area (Å²) in [6.07, 6.45) is 1.23. The Morgan fingerprint density at radius 2 is 1.58 bits per heavy atom. The Morgan fingerprint density at radius 1 is 0.962 bits per heavy atom. The number of ketones is 1. The van der Waals surface area contributed by atoms with Crippen molar-refractivity contribution in [2.75, 3.05) is 13.7 Å². The fraction of sp³-hybridized carbons (Fsp3) is 0.333. The third-order valence-electron chi connectivity index (χ3n) is 4.13. The largest absolute Gasteiger partial charge is 0.497 e. The van der Waals surface area contributed by atoms with Gasteiger partial charge in [0.05, 0.1) is 13.2 Å². The molecule has 5 heteroatoms. The summed E-state index contributed by atoms with van der Waals surface area (Å²) in [6, 6.07) is 14.4. The molecular weight excluding hydrogens is 330 g/mol. The minimum atomic E-state index is -0.193. The molecule has 0 saturated heterocycles. The smallest absolute Gasteiger partial charge is 0.258 e. The van der Waals surface area contributed by atoms with Crippen LogP contribution in [0.3, 0.4) is 0 Å². The van der Waals surface area contributed by atoms with Gasteiger partial charge in [-0.3, -0.25) is 9.59 Å². The number of nitrogens with one attached hydrogen (secondary N) is 1. The van der Waals surface area contributed by atoms with Crippen molar-refractivity contribution in [3.63, 3.8) is 0 Å². The van der Waals surface area contributed by atoms with Gasteiger partial charge >= 0.3 is 0 Å². The molecule has 0 bridgehead atoms. The van der Waals surface area contributed by atoms with Crippen molar-refractivity contribution >= 4 is 11.7 Å². The van der Waals surface area contributed by atoms with E-state index in [0.717, 1.165) is 17.7 Å². The first-order valence-corrected chi connectivity index (χ1v) is 8.76. The van der Waals surface area contributed by atoms with Crippen LogP contribution in [0.1, 0.15) is 48.7 Å². The maximum Gasteiger partial charge on any atom is 0.258 e. The van der Waals surface area contributed by atoms with Crippen molar-refractivity contribution in [3.05, 3.63) is 59.7 Å². The fourth-order valence-corrected chi connectivity index (χ4v) is 2.58. The molecule has 0 fully saturated rings. The van der Waals surface area contributed by atoms with Crippen LogP contribution in [0.15, 0.2) is 48.5 Å². The molecule has 0 spiro atoms. The predicted octanol–water partition coefficient (Wildman–Crippen LogP) is 3.93. The normalized spacial score (nSPS) is 11.5. The lowest BCUT2D eigenvalue weighted by atomic mass is 10.0. The van der Waals surface area contributed by atoms with Gasteiger partial charge in [0.25, 0.3) is 5.91 Å². The number of ether oxygens (including phenoxy) is 2. The summed E-state index contributed by atoms with van der Waals surface area (Å²) in [6.45, 7) is 3.76. The van der Waals surface area contributed by atoms with Gasteiger partial charge in [0.15, 0.2) is 12.4 Å². The Hall–Kier alpha value is -2.82. The van der Waals surface area contributed by atoms with E-state index in [1.165, 1.54) is 0 Å². The van der Waals surface area contributed by atoms with Gasteiger partial charge in [0.1, 0.15) is 11.5 Å². The second-order valence-corrected chi connectivity index (χ2v) is 5.89. The highest BCUT2D eigenvalue weighted by atomic mass is 16.5. The minimum absolute atomic E-state index is 0.0757. The average molecular weight is 355 g/mol. The Bertz CT molecular complexity index is 723. The predicted molar refractivity (Wildman–Crippen MR) is 101 cm³/mol. The molecule has 138 valence electrons. The van der Waals surface area contributed by atoms with Gasteiger partial charge in [0, 0.05) is 12.0 Å². The summed E-state index contributed by atoms with van der Waals surface area (Å²) in [7, 11) is 1.62. The lowest BCUT2D eigenvalue weighted by molar-refractivity contribution is -0.123. The topological polar surface area (TPSA) is 64.6 Å². The van der Waals surface area contributed by atoms with Crippen molar-refractivity contribution in [2.24, 2.45) is 0 Å². The molecule has 2 rings (SSSR count). The van der Waals surface area contributed by atoms with Crippen LogP contribution in [-0.2, 0) is 4.79 Å². The first-order valence-electron chi connectivity index (χ1n) is 8.76. The molecule has 0 saturated carbocycles. The van der Waals surface area contributed by atoms with Crippen LogP contribution < -0.4 is 14.8 Å². The van der Waals surface area contributed by atoms with Crippen LogP contribution in [-0.4, -0.2) is 25.4 Å². The van der Waals surface area contributed by atoms with Gasteiger partial charge in [-0.1, -0.05) is 26.0 Å². The highest BCUT2D eigenvalue weighted by Crippen LogP contribution is 2.20. The zero-order valence-electron chi connectivity index (χ0n) is 15.5. The summed E-state index contributed by atoms with van der Waals surface area (Å²) in [4.78, 5) is 23.8. The lowest BCUT2D eigenvalue weighted by Crippen LogP contribution is -2.32. The molecule has 1 atom stereocenters. The standard InChI is InChI=1S/C21H25NO4/c1-4-19(15-6-10-17(25-3)11-7-15)22-21(24)14-26-18-12-8-16(9-13-18)20(23)5-2/h6-13,19H,4-5,14H2,1-3H3,(H,22,24). The van der Waals surface area contributed by atoms with Crippen LogP contribution in [0.5, 0.6) is 11.5 Å². The lowest BCUT2D eigenvalue weighted by Gasteiger charge is -2.18. The van der Waals surface area contributed by atoms with Gasteiger partial charge in [-0.25, -0.2) is 0 Å². The van der Waals surface area contributed by atoms with E-state index < -0.39 is 0 Å². The molecule has 0 aliphatic rings. The zero-order chi connectivity index (χ0) is 18.9. The Morgan fingerprint density at radius 3 is 2.12 bits per heavy atom. The quantitative estimate of drug-likeness (QED) is 0.692. The Labute approximate surface area is 154 Å². The van der Waals surface area contributed by atoms with E-state index in [0.29, 0.717) is 17.7 Å². The molecule has 0 aliphatic carbocycles. The second-order valence-electron chi connectivity index (χ2n) is 5.89. The number of Topliss-reactive ketones (excluding diaryl/α,β-unsaturated/α-hetero) is 1. The zero-order valence-corrected chi connectivity index (χ0v) is 15.5. The SMILES string of the molecule is CCC(=O)c1ccc(OCC(=O)NC(CC)c2ccc(OC)cc2)cc1. The summed E-state index contributed by atoms with van der Waals surface area (Å²) >= 11 is 0. The van der Waals surface area contributed by atoms with Crippen LogP contribution in [0.2, 0.25) is 0 Å². The molecule has 0 heterocycles. The van der Waals surface area contributed by atoms with Gasteiger partial charge < -0.3 is 14.8 Å². The van der Waals surface area contributed by atoms with Crippen molar-refractivity contribution in [2.45, 2.75) is 32.7 Å². The maximum atomic E-state index is 12.2. The van der Waals surface area contributed by atoms with Crippen LogP contribution in [0.4, 0.5) is 0 Å². The van der Waals surface area contributed by atoms with Crippen LogP contribution >= 0.6 is 0 Å². The number of carbonyl (C=O) groups is 2. The third kappa shape index (κ3) is 5.34. The Kier molecular flexibility index (Phi) is 7.21. The van der Waals surface area contributed by atoms with Crippen molar-refractivity contribution < 1.29 is 19.1 Å². The number of benzene rings is 2. The Balaban J connectivity index is 1.89. The van der Waals surface area contributed by atoms with Gasteiger partial charge in [0.2, 0.25) is 0 Å². The average Bonchev–Trinajstić information content (AvgIpc) is 2.70. The van der Waals surface area contributed by atoms with E-state index in [9.17, 15) is 9.59 Å². The highest BCUT2D eigenvalue weighted by Gasteiger charge is 2.13. The van der Waals surface area contributed by atoms with E-state index in [-0.39, 0.29) is 24.3 Å². The highest BCUT2D eigenvalue weighted by molar-refractivity contribution is 5.95. The van der Waals surface area contributed by atoms with E-state index in [2.05, 4.69) is 5.32 Å². The van der Waals surface area contributed by atoms with E-state index in [1.807, 2.05) is 38.1 Å². The number of hydrogen-bond donors (Lipinski definition) is 1. The van der Waals surface area contributed by atoms with Crippen molar-refractivity contribution in [1.29, 1.82) is 0 Å². The number of carbonyl (C=O) groups excluding carboxylic acids is 2. The van der Waals surface area contributed by atoms with E-state index in [4.69, 9.17) is 9.47 Å². The molecule has 1 unspecified atom stereocenters. The molecule has 26 heavy (non-hydrogen) atoms. The summed E-state index contributed by atoms with van der Waals surface area (Å²) in [5.74, 6) is 1.23. The summed E-state index contributed by atoms with van der Waals surface area (Å²) in [5, 5.41) is 2.97. The molecule has 0 radical (unpaired) electrons. The van der Waals surface area contributed by atoms with Gasteiger partial charge in [-0.05, 0) is 48.4 Å². The molecule has 2 aromatic carbocycles. The molecule has 2 aromatic rings. The second kappa shape index (κ2) is 9.61. The first kappa shape index (κ1) is 19.5. The van der Waals surface area contributed by atoms with Gasteiger partial charge in [-0.2, -0.15) is 0 Å². The molecule has 1 amide bonds. The summed E-state index contributed by atoms with van der Waals surface area (Å²) in [5.41, 5.74) is 1.67. The molecule has 0 aliphatic heterocycles. The van der Waals surface area contributed by atoms with E-state index >= 15 is 0 Å². The molecule has 0 aromatic heterocycles. The molecular formula is C21H25NO4. The first-order chi connectivity index (χ1) is 12.6.